The highest BCUT2D eigenvalue weighted by Crippen LogP contribution is 2.37. The van der Waals surface area contributed by atoms with Gasteiger partial charge in [-0.25, -0.2) is 13.2 Å². The number of alkyl halides is 1. The molecule has 0 bridgehead atoms. The van der Waals surface area contributed by atoms with Gasteiger partial charge in [0.05, 0.1) is 22.8 Å². The van der Waals surface area contributed by atoms with Gasteiger partial charge >= 0.3 is 6.09 Å². The lowest BCUT2D eigenvalue weighted by Gasteiger charge is -2.35. The average Bonchev–Trinajstić information content (AvgIpc) is 3.42. The van der Waals surface area contributed by atoms with E-state index in [1.54, 1.807) is 46.8 Å². The molecule has 0 radical (unpaired) electrons. The average molecular weight is 817 g/mol. The molecule has 1 saturated carbocycles. The Morgan fingerprint density at radius 1 is 1.10 bits per heavy atom. The summed E-state index contributed by atoms with van der Waals surface area (Å²) < 4.78 is 30.4. The first-order valence-electron chi connectivity index (χ1n) is 17.2. The lowest BCUT2D eigenvalue weighted by molar-refractivity contribution is -0.141. The Hall–Kier alpha value is -2.60. The van der Waals surface area contributed by atoms with Crippen molar-refractivity contribution in [3.63, 3.8) is 0 Å². The van der Waals surface area contributed by atoms with Gasteiger partial charge in [-0.15, -0.1) is 18.9 Å². The first-order chi connectivity index (χ1) is 22.8. The number of sulfone groups is 1. The summed E-state index contributed by atoms with van der Waals surface area (Å²) in [6, 6.07) is -1.95. The fourth-order valence-corrected chi connectivity index (χ4v) is 8.77. The number of amides is 4. The van der Waals surface area contributed by atoms with Crippen LogP contribution in [0.2, 0.25) is 0 Å². The molecule has 1 heterocycles. The van der Waals surface area contributed by atoms with Gasteiger partial charge in [-0.1, -0.05) is 67.9 Å². The largest absolute Gasteiger partial charge is 0.444 e. The van der Waals surface area contributed by atoms with E-state index in [9.17, 15) is 27.6 Å². The van der Waals surface area contributed by atoms with Gasteiger partial charge in [-0.2, -0.15) is 0 Å². The van der Waals surface area contributed by atoms with E-state index in [0.29, 0.717) is 10.8 Å². The van der Waals surface area contributed by atoms with Crippen LogP contribution in [0.4, 0.5) is 4.79 Å². The summed E-state index contributed by atoms with van der Waals surface area (Å²) in [6.45, 7) is 16.4. The highest BCUT2D eigenvalue weighted by atomic mass is 127. The van der Waals surface area contributed by atoms with Gasteiger partial charge in [0.2, 0.25) is 17.7 Å². The van der Waals surface area contributed by atoms with E-state index < -0.39 is 56.1 Å². The van der Waals surface area contributed by atoms with Crippen LogP contribution in [0.1, 0.15) is 93.4 Å². The minimum Gasteiger partial charge on any atom is -0.444 e. The van der Waals surface area contributed by atoms with E-state index in [-0.39, 0.29) is 54.6 Å². The second-order valence-electron chi connectivity index (χ2n) is 15.0. The van der Waals surface area contributed by atoms with E-state index in [1.165, 1.54) is 4.90 Å². The normalized spacial score (nSPS) is 21.4. The Kier molecular flexibility index (Phi) is 16.1. The van der Waals surface area contributed by atoms with Crippen LogP contribution in [-0.4, -0.2) is 82.8 Å². The Labute approximate surface area is 307 Å². The molecule has 4 amide bonds. The number of ether oxygens (including phenoxy) is 1. The zero-order valence-corrected chi connectivity index (χ0v) is 33.2. The Bertz CT molecular complexity index is 1370. The maximum atomic E-state index is 14.5. The number of carbonyl (C=O) groups is 4. The maximum absolute atomic E-state index is 14.5. The molecule has 13 heteroatoms. The minimum absolute atomic E-state index is 0.0520. The molecule has 3 N–H and O–H groups in total. The van der Waals surface area contributed by atoms with Crippen LogP contribution in [0.15, 0.2) is 24.4 Å². The highest BCUT2D eigenvalue weighted by molar-refractivity contribution is 14.1. The molecule has 1 saturated heterocycles. The van der Waals surface area contributed by atoms with Crippen molar-refractivity contribution in [1.82, 2.24) is 20.9 Å². The number of likely N-dealkylation sites (tertiary alicyclic amines) is 1. The van der Waals surface area contributed by atoms with E-state index in [0.717, 1.165) is 32.1 Å². The molecule has 1 unspecified atom stereocenters. The number of nitrogens with zero attached hydrogens (tertiary/aromatic N) is 1. The topological polar surface area (TPSA) is 151 Å². The maximum Gasteiger partial charge on any atom is 0.408 e. The number of terminal acetylenes is 1. The second-order valence-corrected chi connectivity index (χ2v) is 18.5. The lowest BCUT2D eigenvalue weighted by atomic mass is 9.82. The molecule has 11 nitrogen and oxygen atoms in total. The van der Waals surface area contributed by atoms with Crippen LogP contribution >= 0.6 is 22.6 Å². The van der Waals surface area contributed by atoms with Crippen molar-refractivity contribution in [3.8, 4) is 12.3 Å². The molecule has 49 heavy (non-hydrogen) atoms. The van der Waals surface area contributed by atoms with E-state index >= 15 is 0 Å². The molecule has 4 atom stereocenters. The van der Waals surface area contributed by atoms with Crippen molar-refractivity contribution in [3.05, 3.63) is 24.4 Å². The molecule has 0 aromatic heterocycles. The Morgan fingerprint density at radius 3 is 2.27 bits per heavy atom. The standard InChI is InChI=1S/C36H57IN4O7S/c1-10-12-18-26(21-29(42)38-19-20-49(46,47)36(8,9)23-37)39-32(43)31-27(11-2)28(24(3)4)22-41(31)33(44)30(25-16-14-13-15-17-25)40-34(45)48-35(5,6)7/h2,10,18,24-25,27-28,30-31H,1,12-17,19-23H2,3-9H3,(H,38,42)(H,39,43)(H,40,45)/b26-18+/t27?,28-,30+,31+/m1/s1. The van der Waals surface area contributed by atoms with Gasteiger partial charge < -0.3 is 25.6 Å². The summed E-state index contributed by atoms with van der Waals surface area (Å²) in [5, 5.41) is 8.35. The van der Waals surface area contributed by atoms with Crippen LogP contribution in [0, 0.1) is 36.0 Å². The van der Waals surface area contributed by atoms with Gasteiger partial charge in [0, 0.05) is 23.2 Å². The Balaban J connectivity index is 2.35. The van der Waals surface area contributed by atoms with Gasteiger partial charge in [-0.3, -0.25) is 14.4 Å². The van der Waals surface area contributed by atoms with E-state index in [1.807, 2.05) is 36.4 Å². The lowest BCUT2D eigenvalue weighted by Crippen LogP contribution is -2.57. The van der Waals surface area contributed by atoms with Crippen LogP contribution in [0.5, 0.6) is 0 Å². The third-order valence-corrected chi connectivity index (χ3v) is 14.2. The molecule has 2 rings (SSSR count). The zero-order valence-electron chi connectivity index (χ0n) is 30.3. The molecule has 1 aliphatic carbocycles. The molecule has 276 valence electrons. The SMILES string of the molecule is C#CC1[C@@H](C(C)C)CN(C(=O)[C@@H](NC(=O)OC(C)(C)C)C2CCCCC2)[C@@H]1C(=O)N/C(=C/CC=C)CC(=O)NCCS(=O)(=O)C(C)(C)CI. The van der Waals surface area contributed by atoms with Crippen LogP contribution < -0.4 is 16.0 Å². The number of rotatable bonds is 15. The molecule has 0 spiro atoms. The summed E-state index contributed by atoms with van der Waals surface area (Å²) in [5.41, 5.74) is -0.484. The second kappa shape index (κ2) is 18.6. The number of alkyl carbamates (subject to hydrolysis) is 1. The quantitative estimate of drug-likeness (QED) is 0.0921. The molecule has 2 fully saturated rings. The van der Waals surface area contributed by atoms with Crippen LogP contribution in [0.3, 0.4) is 0 Å². The summed E-state index contributed by atoms with van der Waals surface area (Å²) in [6.07, 6.45) is 13.2. The molecular weight excluding hydrogens is 759 g/mol. The van der Waals surface area contributed by atoms with Gasteiger partial charge in [0.25, 0.3) is 0 Å². The number of hydrogen-bond acceptors (Lipinski definition) is 7. The molecule has 1 aliphatic heterocycles. The molecule has 0 aromatic rings. The predicted octanol–water partition coefficient (Wildman–Crippen LogP) is 4.90. The first-order valence-corrected chi connectivity index (χ1v) is 20.4. The molecular formula is C36H57IN4O7S. The molecule has 0 aromatic carbocycles. The van der Waals surface area contributed by atoms with Crippen molar-refractivity contribution in [2.24, 2.45) is 23.7 Å². The fourth-order valence-electron chi connectivity index (χ4n) is 6.26. The summed E-state index contributed by atoms with van der Waals surface area (Å²) in [7, 11) is -3.46. The third-order valence-electron chi connectivity index (χ3n) is 9.23. The van der Waals surface area contributed by atoms with Gasteiger partial charge in [-0.05, 0) is 71.6 Å². The molecule has 2 aliphatic rings. The smallest absolute Gasteiger partial charge is 0.408 e. The van der Waals surface area contributed by atoms with Gasteiger partial charge in [0.15, 0.2) is 9.84 Å². The Morgan fingerprint density at radius 2 is 1.73 bits per heavy atom. The number of nitrogens with one attached hydrogen (secondary N) is 3. The monoisotopic (exact) mass is 816 g/mol. The predicted molar refractivity (Wildman–Crippen MR) is 201 cm³/mol. The third kappa shape index (κ3) is 12.3. The number of hydrogen-bond donors (Lipinski definition) is 3. The van der Waals surface area contributed by atoms with E-state index in [2.05, 4.69) is 28.4 Å². The van der Waals surface area contributed by atoms with Crippen molar-refractivity contribution in [2.45, 2.75) is 116 Å². The number of carbonyl (C=O) groups excluding carboxylic acids is 4. The van der Waals surface area contributed by atoms with E-state index in [4.69, 9.17) is 11.2 Å². The minimum atomic E-state index is -3.46. The summed E-state index contributed by atoms with van der Waals surface area (Å²) >= 11 is 2.03. The van der Waals surface area contributed by atoms with Gasteiger partial charge in [0.1, 0.15) is 17.7 Å². The fraction of sp³-hybridized carbons (Fsp3) is 0.722. The van der Waals surface area contributed by atoms with Crippen molar-refractivity contribution in [1.29, 1.82) is 0 Å². The van der Waals surface area contributed by atoms with Crippen LogP contribution in [0.25, 0.3) is 0 Å². The summed E-state index contributed by atoms with van der Waals surface area (Å²) in [5.74, 6) is 0.306. The number of allylic oxidation sites excluding steroid dienone is 2. The zero-order chi connectivity index (χ0) is 37.2. The summed E-state index contributed by atoms with van der Waals surface area (Å²) in [4.78, 5) is 56.1. The van der Waals surface area contributed by atoms with Crippen molar-refractivity contribution >= 4 is 56.2 Å². The van der Waals surface area contributed by atoms with Crippen LogP contribution in [-0.2, 0) is 29.0 Å². The van der Waals surface area contributed by atoms with Crippen molar-refractivity contribution < 1.29 is 32.3 Å². The van der Waals surface area contributed by atoms with Crippen molar-refractivity contribution in [2.75, 3.05) is 23.3 Å². The highest BCUT2D eigenvalue weighted by Gasteiger charge is 2.50. The number of halogens is 1. The first kappa shape index (κ1) is 42.6.